The lowest BCUT2D eigenvalue weighted by molar-refractivity contribution is -0.119. The number of aryl methyl sites for hydroxylation is 1. The normalized spacial score (nSPS) is 11.5. The molecule has 0 aliphatic heterocycles. The Kier molecular flexibility index (Phi) is 7.37. The molecule has 0 aliphatic carbocycles. The first-order chi connectivity index (χ1) is 13.4. The third-order valence-electron chi connectivity index (χ3n) is 4.43. The summed E-state index contributed by atoms with van der Waals surface area (Å²) in [7, 11) is 6.19. The fourth-order valence-electron chi connectivity index (χ4n) is 3.08. The highest BCUT2D eigenvalue weighted by atomic mass is 16.5. The first kappa shape index (κ1) is 21.2. The van der Waals surface area contributed by atoms with Crippen molar-refractivity contribution in [2.24, 2.45) is 0 Å². The van der Waals surface area contributed by atoms with E-state index in [9.17, 15) is 9.90 Å². The highest BCUT2D eigenvalue weighted by Crippen LogP contribution is 2.39. The van der Waals surface area contributed by atoms with Gasteiger partial charge in [-0.05, 0) is 48.2 Å². The van der Waals surface area contributed by atoms with Gasteiger partial charge in [-0.2, -0.15) is 0 Å². The molecular weight excluding hydrogens is 362 g/mol. The number of methoxy groups -OCH3 is 4. The van der Waals surface area contributed by atoms with Crippen molar-refractivity contribution < 1.29 is 28.8 Å². The summed E-state index contributed by atoms with van der Waals surface area (Å²) in [6.07, 6.45) is 1.26. The van der Waals surface area contributed by atoms with Gasteiger partial charge in [0.05, 0.1) is 34.5 Å². The standard InChI is InChI=1S/C21H27NO6/c1-13(23)22-16(15-7-9-18(25-2)17(24)12-15)8-6-14-10-19(26-3)21(28-5)20(11-14)27-4/h7,9-12,16,24H,6,8H2,1-5H3,(H,22,23)/t16-/m0/s1. The Morgan fingerprint density at radius 3 is 2.04 bits per heavy atom. The molecule has 0 heterocycles. The summed E-state index contributed by atoms with van der Waals surface area (Å²) in [5.74, 6) is 1.96. The fraction of sp³-hybridized carbons (Fsp3) is 0.381. The second kappa shape index (κ2) is 9.73. The lowest BCUT2D eigenvalue weighted by atomic mass is 9.98. The molecule has 0 saturated carbocycles. The van der Waals surface area contributed by atoms with Crippen molar-refractivity contribution in [3.05, 3.63) is 41.5 Å². The summed E-state index contributed by atoms with van der Waals surface area (Å²) in [5.41, 5.74) is 1.77. The van der Waals surface area contributed by atoms with Gasteiger partial charge in [0.25, 0.3) is 0 Å². The lowest BCUT2D eigenvalue weighted by Gasteiger charge is -2.20. The van der Waals surface area contributed by atoms with E-state index < -0.39 is 0 Å². The number of aromatic hydroxyl groups is 1. The van der Waals surface area contributed by atoms with E-state index in [-0.39, 0.29) is 17.7 Å². The zero-order valence-corrected chi connectivity index (χ0v) is 16.9. The van der Waals surface area contributed by atoms with Crippen LogP contribution in [0.2, 0.25) is 0 Å². The van der Waals surface area contributed by atoms with Crippen molar-refractivity contribution in [2.75, 3.05) is 28.4 Å². The first-order valence-electron chi connectivity index (χ1n) is 8.86. The van der Waals surface area contributed by atoms with Crippen LogP contribution in [-0.4, -0.2) is 39.5 Å². The third kappa shape index (κ3) is 5.00. The highest BCUT2D eigenvalue weighted by Gasteiger charge is 2.17. The van der Waals surface area contributed by atoms with E-state index in [2.05, 4.69) is 5.32 Å². The maximum Gasteiger partial charge on any atom is 0.217 e. The van der Waals surface area contributed by atoms with Gasteiger partial charge >= 0.3 is 0 Å². The number of benzene rings is 2. The predicted molar refractivity (Wildman–Crippen MR) is 106 cm³/mol. The SMILES string of the molecule is COc1ccc([C@H](CCc2cc(OC)c(OC)c(OC)c2)NC(C)=O)cc1O. The van der Waals surface area contributed by atoms with Crippen LogP contribution in [0, 0.1) is 0 Å². The quantitative estimate of drug-likeness (QED) is 0.685. The van der Waals surface area contributed by atoms with Crippen LogP contribution in [-0.2, 0) is 11.2 Å². The van der Waals surface area contributed by atoms with E-state index in [1.807, 2.05) is 18.2 Å². The van der Waals surface area contributed by atoms with E-state index in [0.29, 0.717) is 35.8 Å². The molecule has 1 amide bonds. The number of hydrogen-bond acceptors (Lipinski definition) is 6. The van der Waals surface area contributed by atoms with Crippen molar-refractivity contribution in [3.63, 3.8) is 0 Å². The number of nitrogens with one attached hydrogen (secondary N) is 1. The molecule has 0 bridgehead atoms. The summed E-state index contributed by atoms with van der Waals surface area (Å²) < 4.78 is 21.2. The van der Waals surface area contributed by atoms with Crippen LogP contribution in [0.15, 0.2) is 30.3 Å². The molecule has 0 unspecified atom stereocenters. The Labute approximate surface area is 165 Å². The highest BCUT2D eigenvalue weighted by molar-refractivity contribution is 5.73. The van der Waals surface area contributed by atoms with E-state index in [1.165, 1.54) is 14.0 Å². The molecule has 2 rings (SSSR count). The molecule has 2 N–H and O–H groups in total. The van der Waals surface area contributed by atoms with E-state index in [0.717, 1.165) is 11.1 Å². The maximum absolute atomic E-state index is 11.7. The fourth-order valence-corrected chi connectivity index (χ4v) is 3.08. The van der Waals surface area contributed by atoms with Crippen molar-refractivity contribution in [1.82, 2.24) is 5.32 Å². The molecule has 0 aliphatic rings. The molecular formula is C21H27NO6. The molecule has 0 fully saturated rings. The van der Waals surface area contributed by atoms with E-state index in [1.54, 1.807) is 33.5 Å². The molecule has 0 aromatic heterocycles. The summed E-state index contributed by atoms with van der Waals surface area (Å²) in [6, 6.07) is 8.62. The zero-order valence-electron chi connectivity index (χ0n) is 16.9. The van der Waals surface area contributed by atoms with Gasteiger partial charge < -0.3 is 29.4 Å². The van der Waals surface area contributed by atoms with Gasteiger partial charge in [-0.1, -0.05) is 6.07 Å². The molecule has 152 valence electrons. The van der Waals surface area contributed by atoms with Gasteiger partial charge in [0, 0.05) is 6.92 Å². The van der Waals surface area contributed by atoms with Crippen LogP contribution < -0.4 is 24.3 Å². The van der Waals surface area contributed by atoms with Crippen molar-refractivity contribution in [3.8, 4) is 28.7 Å². The molecule has 28 heavy (non-hydrogen) atoms. The first-order valence-corrected chi connectivity index (χ1v) is 8.86. The van der Waals surface area contributed by atoms with Gasteiger partial charge in [0.2, 0.25) is 11.7 Å². The largest absolute Gasteiger partial charge is 0.504 e. The van der Waals surface area contributed by atoms with Crippen LogP contribution in [0.1, 0.15) is 30.5 Å². The number of ether oxygens (including phenoxy) is 4. The number of hydrogen-bond donors (Lipinski definition) is 2. The Balaban J connectivity index is 2.26. The average Bonchev–Trinajstić information content (AvgIpc) is 2.69. The van der Waals surface area contributed by atoms with Gasteiger partial charge in [-0.15, -0.1) is 0 Å². The van der Waals surface area contributed by atoms with Crippen LogP contribution in [0.25, 0.3) is 0 Å². The van der Waals surface area contributed by atoms with Gasteiger partial charge in [0.15, 0.2) is 23.0 Å². The van der Waals surface area contributed by atoms with Crippen LogP contribution in [0.4, 0.5) is 0 Å². The molecule has 1 atom stereocenters. The van der Waals surface area contributed by atoms with E-state index >= 15 is 0 Å². The predicted octanol–water partition coefficient (Wildman–Crippen LogP) is 3.24. The number of rotatable bonds is 9. The zero-order chi connectivity index (χ0) is 20.7. The van der Waals surface area contributed by atoms with Crippen molar-refractivity contribution in [2.45, 2.75) is 25.8 Å². The minimum absolute atomic E-state index is 0.0307. The number of amides is 1. The van der Waals surface area contributed by atoms with Crippen LogP contribution >= 0.6 is 0 Å². The second-order valence-corrected chi connectivity index (χ2v) is 6.26. The van der Waals surface area contributed by atoms with Gasteiger partial charge in [-0.3, -0.25) is 4.79 Å². The molecule has 2 aromatic rings. The minimum atomic E-state index is -0.270. The Hall–Kier alpha value is -3.09. The van der Waals surface area contributed by atoms with E-state index in [4.69, 9.17) is 18.9 Å². The molecule has 0 spiro atoms. The van der Waals surface area contributed by atoms with Gasteiger partial charge in [-0.25, -0.2) is 0 Å². The third-order valence-corrected chi connectivity index (χ3v) is 4.43. The van der Waals surface area contributed by atoms with Gasteiger partial charge in [0.1, 0.15) is 0 Å². The maximum atomic E-state index is 11.7. The molecule has 2 aromatic carbocycles. The summed E-state index contributed by atoms with van der Waals surface area (Å²) >= 11 is 0. The summed E-state index contributed by atoms with van der Waals surface area (Å²) in [6.45, 7) is 1.47. The topological polar surface area (TPSA) is 86.3 Å². The molecule has 7 nitrogen and oxygen atoms in total. The van der Waals surface area contributed by atoms with Crippen LogP contribution in [0.3, 0.4) is 0 Å². The molecule has 7 heteroatoms. The minimum Gasteiger partial charge on any atom is -0.504 e. The molecule has 0 radical (unpaired) electrons. The van der Waals surface area contributed by atoms with Crippen molar-refractivity contribution in [1.29, 1.82) is 0 Å². The number of phenolic OH excluding ortho intramolecular Hbond substituents is 1. The second-order valence-electron chi connectivity index (χ2n) is 6.26. The Morgan fingerprint density at radius 2 is 1.57 bits per heavy atom. The average molecular weight is 389 g/mol. The summed E-state index contributed by atoms with van der Waals surface area (Å²) in [4.78, 5) is 11.7. The van der Waals surface area contributed by atoms with Crippen molar-refractivity contribution >= 4 is 5.91 Å². The lowest BCUT2D eigenvalue weighted by Crippen LogP contribution is -2.26. The smallest absolute Gasteiger partial charge is 0.217 e. The number of carbonyl (C=O) groups is 1. The summed E-state index contributed by atoms with van der Waals surface area (Å²) in [5, 5.41) is 13.0. The number of carbonyl (C=O) groups excluding carboxylic acids is 1. The Bertz CT molecular complexity index is 796. The Morgan fingerprint density at radius 1 is 0.964 bits per heavy atom. The number of phenols is 1. The monoisotopic (exact) mass is 389 g/mol. The molecule has 0 saturated heterocycles. The van der Waals surface area contributed by atoms with Crippen LogP contribution in [0.5, 0.6) is 28.7 Å².